The summed E-state index contributed by atoms with van der Waals surface area (Å²) in [4.78, 5) is 4.75. The minimum absolute atomic E-state index is 0.828. The van der Waals surface area contributed by atoms with Crippen molar-refractivity contribution >= 4 is 93.0 Å². The predicted molar refractivity (Wildman–Crippen MR) is 266 cm³/mol. The molecule has 0 spiro atoms. The van der Waals surface area contributed by atoms with Crippen molar-refractivity contribution in [2.24, 2.45) is 0 Å². The highest BCUT2D eigenvalue weighted by Crippen LogP contribution is 2.47. The molecular weight excluding hydrogens is 761 g/mol. The largest absolute Gasteiger partial charge is 0.496 e. The van der Waals surface area contributed by atoms with E-state index in [1.807, 2.05) is 0 Å². The second-order valence-corrected chi connectivity index (χ2v) is 28.0. The molecule has 0 radical (unpaired) electrons. The number of hydrogen-bond donors (Lipinski definition) is 0. The SMILES string of the molecule is COc1cc(N(c2ccccc2)c2ccc([Si](C)(C)C)cc2)ccc1-c1cc2c3ccccc3c(N(c3ccccc3)c3ccc([Si](C)(C)C)cc3)cc2c2ccccc12. The van der Waals surface area contributed by atoms with Crippen LogP contribution < -0.4 is 24.9 Å². The van der Waals surface area contributed by atoms with Crippen LogP contribution in [0.2, 0.25) is 39.3 Å². The number of benzene rings is 9. The van der Waals surface area contributed by atoms with Crippen LogP contribution in [-0.4, -0.2) is 23.3 Å². The molecule has 0 aliphatic heterocycles. The van der Waals surface area contributed by atoms with Crippen molar-refractivity contribution in [1.82, 2.24) is 0 Å². The van der Waals surface area contributed by atoms with Crippen LogP contribution >= 0.6 is 0 Å². The molecule has 9 rings (SSSR count). The van der Waals surface area contributed by atoms with Crippen LogP contribution in [0.15, 0.2) is 188 Å². The molecule has 0 heterocycles. The highest BCUT2D eigenvalue weighted by molar-refractivity contribution is 6.89. The van der Waals surface area contributed by atoms with Crippen molar-refractivity contribution in [2.45, 2.75) is 39.3 Å². The second-order valence-electron chi connectivity index (χ2n) is 17.8. The smallest absolute Gasteiger partial charge is 0.128 e. The third kappa shape index (κ3) is 7.29. The van der Waals surface area contributed by atoms with Crippen LogP contribution in [0, 0.1) is 0 Å². The van der Waals surface area contributed by atoms with Crippen LogP contribution in [-0.2, 0) is 0 Å². The van der Waals surface area contributed by atoms with Crippen LogP contribution in [0.25, 0.3) is 43.4 Å². The van der Waals surface area contributed by atoms with Gasteiger partial charge < -0.3 is 14.5 Å². The maximum absolute atomic E-state index is 6.33. The highest BCUT2D eigenvalue weighted by atomic mass is 28.3. The van der Waals surface area contributed by atoms with Crippen molar-refractivity contribution in [3.05, 3.63) is 188 Å². The molecule has 0 aromatic heterocycles. The fourth-order valence-corrected chi connectivity index (χ4v) is 11.0. The third-order valence-electron chi connectivity index (χ3n) is 11.8. The van der Waals surface area contributed by atoms with Crippen LogP contribution in [0.5, 0.6) is 5.75 Å². The van der Waals surface area contributed by atoms with E-state index in [1.54, 1.807) is 7.11 Å². The maximum atomic E-state index is 6.33. The predicted octanol–water partition coefficient (Wildman–Crippen LogP) is 14.9. The van der Waals surface area contributed by atoms with Crippen molar-refractivity contribution < 1.29 is 4.74 Å². The van der Waals surface area contributed by atoms with Gasteiger partial charge in [0.15, 0.2) is 0 Å². The average molecular weight is 813 g/mol. The Hall–Kier alpha value is -6.41. The summed E-state index contributed by atoms with van der Waals surface area (Å²) in [6, 6.07) is 69.0. The first-order valence-corrected chi connectivity index (χ1v) is 28.0. The Morgan fingerprint density at radius 3 is 1.28 bits per heavy atom. The average Bonchev–Trinajstić information content (AvgIpc) is 3.27. The minimum atomic E-state index is -1.48. The van der Waals surface area contributed by atoms with E-state index in [2.05, 4.69) is 237 Å². The zero-order valence-electron chi connectivity index (χ0n) is 35.7. The number of hydrogen-bond acceptors (Lipinski definition) is 3. The van der Waals surface area contributed by atoms with Gasteiger partial charge in [-0.25, -0.2) is 0 Å². The number of anilines is 6. The molecule has 0 amide bonds. The van der Waals surface area contributed by atoms with Gasteiger partial charge in [-0.05, 0) is 105 Å². The van der Waals surface area contributed by atoms with E-state index in [9.17, 15) is 0 Å². The van der Waals surface area contributed by atoms with E-state index < -0.39 is 16.1 Å². The minimum Gasteiger partial charge on any atom is -0.496 e. The van der Waals surface area contributed by atoms with Gasteiger partial charge in [0.1, 0.15) is 5.75 Å². The first-order chi connectivity index (χ1) is 29.0. The molecule has 0 fully saturated rings. The molecule has 0 saturated heterocycles. The molecule has 296 valence electrons. The normalized spacial score (nSPS) is 11.9. The molecule has 5 heteroatoms. The monoisotopic (exact) mass is 812 g/mol. The molecule has 0 aliphatic rings. The summed E-state index contributed by atoms with van der Waals surface area (Å²) in [5.41, 5.74) is 8.90. The molecule has 0 atom stereocenters. The summed E-state index contributed by atoms with van der Waals surface area (Å²) < 4.78 is 6.33. The maximum Gasteiger partial charge on any atom is 0.128 e. The Balaban J connectivity index is 1.24. The molecular formula is C55H52N2OSi2. The lowest BCUT2D eigenvalue weighted by atomic mass is 9.89. The van der Waals surface area contributed by atoms with Gasteiger partial charge in [-0.2, -0.15) is 0 Å². The van der Waals surface area contributed by atoms with E-state index in [-0.39, 0.29) is 0 Å². The number of ether oxygens (including phenoxy) is 1. The van der Waals surface area contributed by atoms with Crippen LogP contribution in [0.4, 0.5) is 34.1 Å². The summed E-state index contributed by atoms with van der Waals surface area (Å²) in [6.45, 7) is 14.4. The molecule has 9 aromatic rings. The van der Waals surface area contributed by atoms with Crippen molar-refractivity contribution in [3.63, 3.8) is 0 Å². The van der Waals surface area contributed by atoms with E-state index in [1.165, 1.54) is 42.7 Å². The van der Waals surface area contributed by atoms with Crippen molar-refractivity contribution in [1.29, 1.82) is 0 Å². The summed E-state index contributed by atoms with van der Waals surface area (Å²) in [7, 11) is -1.14. The fourth-order valence-electron chi connectivity index (χ4n) is 8.63. The van der Waals surface area contributed by atoms with Gasteiger partial charge in [-0.15, -0.1) is 0 Å². The van der Waals surface area contributed by atoms with Crippen molar-refractivity contribution in [3.8, 4) is 16.9 Å². The number of para-hydroxylation sites is 2. The van der Waals surface area contributed by atoms with Crippen LogP contribution in [0.3, 0.4) is 0 Å². The third-order valence-corrected chi connectivity index (χ3v) is 16.0. The lowest BCUT2D eigenvalue weighted by molar-refractivity contribution is 0.416. The zero-order valence-corrected chi connectivity index (χ0v) is 37.7. The van der Waals surface area contributed by atoms with Gasteiger partial charge in [0.2, 0.25) is 0 Å². The number of fused-ring (bicyclic) bond motifs is 5. The fraction of sp³-hybridized carbons (Fsp3) is 0.127. The van der Waals surface area contributed by atoms with E-state index >= 15 is 0 Å². The van der Waals surface area contributed by atoms with Gasteiger partial charge >= 0.3 is 0 Å². The molecule has 0 bridgehead atoms. The first kappa shape index (κ1) is 39.1. The Morgan fingerprint density at radius 2 is 0.750 bits per heavy atom. The number of nitrogens with zero attached hydrogens (tertiary/aromatic N) is 2. The lowest BCUT2D eigenvalue weighted by Gasteiger charge is -2.29. The summed E-state index contributed by atoms with van der Waals surface area (Å²) >= 11 is 0. The van der Waals surface area contributed by atoms with Crippen LogP contribution in [0.1, 0.15) is 0 Å². The summed E-state index contributed by atoms with van der Waals surface area (Å²) in [5.74, 6) is 0.828. The topological polar surface area (TPSA) is 15.7 Å². The Morgan fingerprint density at radius 1 is 0.333 bits per heavy atom. The molecule has 9 aromatic carbocycles. The number of methoxy groups -OCH3 is 1. The zero-order chi connectivity index (χ0) is 41.6. The second kappa shape index (κ2) is 15.6. The lowest BCUT2D eigenvalue weighted by Crippen LogP contribution is -2.37. The molecule has 0 unspecified atom stereocenters. The molecule has 3 nitrogen and oxygen atoms in total. The van der Waals surface area contributed by atoms with Gasteiger partial charge in [-0.3, -0.25) is 0 Å². The molecule has 60 heavy (non-hydrogen) atoms. The number of rotatable bonds is 10. The quantitative estimate of drug-likeness (QED) is 0.101. The Bertz CT molecular complexity index is 2970. The molecule has 0 N–H and O–H groups in total. The Kier molecular flexibility index (Phi) is 10.2. The highest BCUT2D eigenvalue weighted by Gasteiger charge is 2.23. The van der Waals surface area contributed by atoms with Gasteiger partial charge in [-0.1, -0.05) is 159 Å². The first-order valence-electron chi connectivity index (χ1n) is 21.0. The Labute approximate surface area is 357 Å². The van der Waals surface area contributed by atoms with Crippen molar-refractivity contribution in [2.75, 3.05) is 16.9 Å². The summed E-state index contributed by atoms with van der Waals surface area (Å²) in [6.07, 6.45) is 0. The van der Waals surface area contributed by atoms with Gasteiger partial charge in [0.25, 0.3) is 0 Å². The van der Waals surface area contributed by atoms with E-state index in [0.717, 1.165) is 51.0 Å². The van der Waals surface area contributed by atoms with Gasteiger partial charge in [0.05, 0.1) is 28.9 Å². The standard InChI is InChI=1S/C55H52N2OSi2/c1-58-55-36-43(56(39-18-10-8-11-19-39)41-26-31-44(32-27-41)59(2,3)4)30-35-50(55)51-37-52-48-24-16-17-25-49(48)54(38-53(52)47-23-15-14-22-46(47)51)57(40-20-12-9-13-21-40)42-28-33-45(34-29-42)60(5,6)7/h8-38H,1-7H3. The van der Waals surface area contributed by atoms with E-state index in [4.69, 9.17) is 4.74 Å². The molecule has 0 aliphatic carbocycles. The van der Waals surface area contributed by atoms with Gasteiger partial charge in [0, 0.05) is 45.5 Å². The van der Waals surface area contributed by atoms with E-state index in [0.29, 0.717) is 0 Å². The summed E-state index contributed by atoms with van der Waals surface area (Å²) in [5, 5.41) is 10.1. The molecule has 0 saturated carbocycles.